The van der Waals surface area contributed by atoms with Crippen molar-refractivity contribution in [3.05, 3.63) is 65.1 Å². The predicted octanol–water partition coefficient (Wildman–Crippen LogP) is 3.26. The third kappa shape index (κ3) is 3.26. The minimum absolute atomic E-state index is 0.396. The number of H-pyrrole nitrogens is 1. The van der Waals surface area contributed by atoms with E-state index in [4.69, 9.17) is 0 Å². The average molecular weight is 361 g/mol. The molecule has 2 amide bonds. The van der Waals surface area contributed by atoms with E-state index in [1.54, 1.807) is 19.1 Å². The van der Waals surface area contributed by atoms with Crippen molar-refractivity contribution in [1.29, 1.82) is 0 Å². The lowest BCUT2D eigenvalue weighted by Crippen LogP contribution is -2.33. The Labute approximate surface area is 146 Å². The highest BCUT2D eigenvalue weighted by Gasteiger charge is 2.18. The Morgan fingerprint density at radius 3 is 2.54 bits per heavy atom. The number of benzene rings is 2. The number of rotatable bonds is 4. The quantitative estimate of drug-likeness (QED) is 0.624. The van der Waals surface area contributed by atoms with E-state index in [1.807, 2.05) is 12.1 Å². The first-order valence-corrected chi connectivity index (χ1v) is 7.67. The van der Waals surface area contributed by atoms with Gasteiger partial charge in [-0.05, 0) is 25.1 Å². The van der Waals surface area contributed by atoms with E-state index < -0.39 is 41.5 Å². The van der Waals surface area contributed by atoms with Crippen LogP contribution in [0.5, 0.6) is 0 Å². The van der Waals surface area contributed by atoms with E-state index in [0.717, 1.165) is 11.6 Å². The first-order valence-electron chi connectivity index (χ1n) is 7.67. The van der Waals surface area contributed by atoms with Crippen LogP contribution in [0.25, 0.3) is 10.9 Å². The van der Waals surface area contributed by atoms with E-state index >= 15 is 0 Å². The molecule has 8 heteroatoms. The summed E-state index contributed by atoms with van der Waals surface area (Å²) in [6, 6.07) is 8.79. The molecule has 5 nitrogen and oxygen atoms in total. The van der Waals surface area contributed by atoms with Gasteiger partial charge in [0.1, 0.15) is 0 Å². The zero-order valence-corrected chi connectivity index (χ0v) is 13.6. The van der Waals surface area contributed by atoms with Crippen LogP contribution in [0, 0.1) is 24.4 Å². The van der Waals surface area contributed by atoms with E-state index in [9.17, 15) is 22.8 Å². The maximum absolute atomic E-state index is 13.6. The summed E-state index contributed by atoms with van der Waals surface area (Å²) in [5.41, 5.74) is 1.30. The molecule has 3 aromatic rings. The Morgan fingerprint density at radius 2 is 1.77 bits per heavy atom. The maximum atomic E-state index is 13.6. The third-order valence-corrected chi connectivity index (χ3v) is 3.84. The molecule has 26 heavy (non-hydrogen) atoms. The maximum Gasteiger partial charge on any atom is 0.254 e. The van der Waals surface area contributed by atoms with Crippen molar-refractivity contribution in [3.8, 4) is 0 Å². The molecule has 134 valence electrons. The molecule has 0 saturated carbocycles. The molecule has 0 aliphatic carbocycles. The Bertz CT molecular complexity index is 1010. The molecule has 0 unspecified atom stereocenters. The summed E-state index contributed by atoms with van der Waals surface area (Å²) >= 11 is 0. The van der Waals surface area contributed by atoms with Crippen molar-refractivity contribution in [2.24, 2.45) is 0 Å². The number of para-hydroxylation sites is 1. The normalized spacial score (nSPS) is 10.8. The second-order valence-corrected chi connectivity index (χ2v) is 5.62. The molecule has 0 aliphatic rings. The minimum Gasteiger partial charge on any atom is -0.358 e. The van der Waals surface area contributed by atoms with Gasteiger partial charge >= 0.3 is 0 Å². The smallest absolute Gasteiger partial charge is 0.254 e. The molecule has 0 radical (unpaired) electrons. The fourth-order valence-corrected chi connectivity index (χ4v) is 2.64. The molecule has 0 fully saturated rings. The summed E-state index contributed by atoms with van der Waals surface area (Å²) in [7, 11) is 0. The van der Waals surface area contributed by atoms with Gasteiger partial charge in [-0.3, -0.25) is 9.59 Å². The number of amides is 2. The largest absolute Gasteiger partial charge is 0.358 e. The Morgan fingerprint density at radius 1 is 1.04 bits per heavy atom. The van der Waals surface area contributed by atoms with Crippen LogP contribution in [0.1, 0.15) is 16.1 Å². The number of anilines is 1. The Kier molecular flexibility index (Phi) is 4.66. The highest BCUT2D eigenvalue weighted by Crippen LogP contribution is 2.22. The second kappa shape index (κ2) is 6.91. The molecule has 3 N–H and O–H groups in total. The van der Waals surface area contributed by atoms with Crippen LogP contribution in [0.4, 0.5) is 18.9 Å². The zero-order valence-electron chi connectivity index (χ0n) is 13.6. The second-order valence-electron chi connectivity index (χ2n) is 5.62. The van der Waals surface area contributed by atoms with Crippen molar-refractivity contribution < 1.29 is 22.8 Å². The minimum atomic E-state index is -1.68. The van der Waals surface area contributed by atoms with Crippen LogP contribution in [0.15, 0.2) is 36.4 Å². The number of carbonyl (C=O) groups excluding carboxylic acids is 2. The van der Waals surface area contributed by atoms with Crippen LogP contribution >= 0.6 is 0 Å². The van der Waals surface area contributed by atoms with Gasteiger partial charge in [0.05, 0.1) is 17.8 Å². The van der Waals surface area contributed by atoms with Gasteiger partial charge in [0.2, 0.25) is 5.91 Å². The summed E-state index contributed by atoms with van der Waals surface area (Å²) < 4.78 is 39.6. The van der Waals surface area contributed by atoms with Crippen molar-refractivity contribution >= 4 is 28.4 Å². The van der Waals surface area contributed by atoms with Gasteiger partial charge < -0.3 is 15.6 Å². The van der Waals surface area contributed by atoms with Crippen molar-refractivity contribution in [2.75, 3.05) is 11.9 Å². The topological polar surface area (TPSA) is 74.0 Å². The summed E-state index contributed by atoms with van der Waals surface area (Å²) in [6.07, 6.45) is 0. The molecule has 0 spiro atoms. The van der Waals surface area contributed by atoms with Crippen molar-refractivity contribution in [1.82, 2.24) is 10.3 Å². The molecule has 3 rings (SSSR count). The number of carbonyl (C=O) groups is 2. The zero-order chi connectivity index (χ0) is 18.8. The van der Waals surface area contributed by atoms with Crippen molar-refractivity contribution in [2.45, 2.75) is 6.92 Å². The summed E-state index contributed by atoms with van der Waals surface area (Å²) in [4.78, 5) is 27.3. The number of aromatic nitrogens is 1. The SMILES string of the molecule is Cc1[nH]c2ccccc2c1C(=O)NCC(=O)Nc1ccc(F)c(F)c1F. The molecular formula is C18H14F3N3O2. The molecular weight excluding hydrogens is 347 g/mol. The lowest BCUT2D eigenvalue weighted by Gasteiger charge is -2.08. The molecule has 0 aliphatic heterocycles. The molecule has 0 bridgehead atoms. The standard InChI is InChI=1S/C18H14F3N3O2/c1-9-15(10-4-2-3-5-12(10)23-9)18(26)22-8-14(25)24-13-7-6-11(19)16(20)17(13)21/h2-7,23H,8H2,1H3,(H,22,26)(H,24,25). The first-order chi connectivity index (χ1) is 12.4. The number of fused-ring (bicyclic) bond motifs is 1. The molecule has 2 aromatic carbocycles. The number of hydrogen-bond acceptors (Lipinski definition) is 2. The van der Waals surface area contributed by atoms with Crippen LogP contribution in [-0.2, 0) is 4.79 Å². The van der Waals surface area contributed by atoms with Crippen molar-refractivity contribution in [3.63, 3.8) is 0 Å². The molecule has 1 aromatic heterocycles. The highest BCUT2D eigenvalue weighted by atomic mass is 19.2. The van der Waals surface area contributed by atoms with Gasteiger partial charge in [-0.25, -0.2) is 13.2 Å². The Balaban J connectivity index is 1.69. The number of halogens is 3. The van der Waals surface area contributed by atoms with Gasteiger partial charge in [0.25, 0.3) is 5.91 Å². The summed E-state index contributed by atoms with van der Waals surface area (Å²) in [5, 5.41) is 5.21. The number of hydrogen-bond donors (Lipinski definition) is 3. The molecule has 0 saturated heterocycles. The number of aryl methyl sites for hydroxylation is 1. The Hall–Kier alpha value is -3.29. The first kappa shape index (κ1) is 17.5. The number of nitrogens with one attached hydrogen (secondary N) is 3. The van der Waals surface area contributed by atoms with E-state index in [2.05, 4.69) is 15.6 Å². The van der Waals surface area contributed by atoms with Gasteiger partial charge in [-0.2, -0.15) is 0 Å². The van der Waals surface area contributed by atoms with Crippen LogP contribution < -0.4 is 10.6 Å². The summed E-state index contributed by atoms with van der Waals surface area (Å²) in [6.45, 7) is 1.27. The third-order valence-electron chi connectivity index (χ3n) is 3.84. The van der Waals surface area contributed by atoms with Gasteiger partial charge in [0.15, 0.2) is 17.5 Å². The highest BCUT2D eigenvalue weighted by molar-refractivity contribution is 6.09. The lowest BCUT2D eigenvalue weighted by molar-refractivity contribution is -0.115. The van der Waals surface area contributed by atoms with E-state index in [-0.39, 0.29) is 0 Å². The molecule has 0 atom stereocenters. The molecule has 1 heterocycles. The fraction of sp³-hybridized carbons (Fsp3) is 0.111. The summed E-state index contributed by atoms with van der Waals surface area (Å²) in [5.74, 6) is -5.80. The average Bonchev–Trinajstić information content (AvgIpc) is 2.96. The van der Waals surface area contributed by atoms with Crippen LogP contribution in [-0.4, -0.2) is 23.3 Å². The van der Waals surface area contributed by atoms with E-state index in [1.165, 1.54) is 0 Å². The van der Waals surface area contributed by atoms with Gasteiger partial charge in [-0.15, -0.1) is 0 Å². The predicted molar refractivity (Wildman–Crippen MR) is 90.3 cm³/mol. The van der Waals surface area contributed by atoms with Gasteiger partial charge in [-0.1, -0.05) is 18.2 Å². The van der Waals surface area contributed by atoms with Crippen LogP contribution in [0.2, 0.25) is 0 Å². The lowest BCUT2D eigenvalue weighted by atomic mass is 10.1. The number of aromatic amines is 1. The fourth-order valence-electron chi connectivity index (χ4n) is 2.64. The monoisotopic (exact) mass is 361 g/mol. The van der Waals surface area contributed by atoms with Crippen LogP contribution in [0.3, 0.4) is 0 Å². The van der Waals surface area contributed by atoms with Gasteiger partial charge in [0, 0.05) is 16.6 Å². The van der Waals surface area contributed by atoms with E-state index in [0.29, 0.717) is 22.7 Å².